The third-order valence-corrected chi connectivity index (χ3v) is 5.66. The summed E-state index contributed by atoms with van der Waals surface area (Å²) in [6.45, 7) is 9.27. The van der Waals surface area contributed by atoms with Gasteiger partial charge in [0.2, 0.25) is 5.91 Å². The first-order chi connectivity index (χ1) is 14.9. The molecule has 2 aromatic carbocycles. The van der Waals surface area contributed by atoms with Gasteiger partial charge in [-0.3, -0.25) is 9.59 Å². The van der Waals surface area contributed by atoms with Gasteiger partial charge in [0, 0.05) is 19.5 Å². The molecule has 5 heteroatoms. The number of ether oxygens (including phenoxy) is 1. The van der Waals surface area contributed by atoms with Gasteiger partial charge < -0.3 is 15.0 Å². The van der Waals surface area contributed by atoms with Gasteiger partial charge >= 0.3 is 0 Å². The SMILES string of the molecule is CCNC(=O)[C@@H](CC)Oc1ccc2c(c1)[C@@H](c1ccccc1)N(C(=O)CC(C)C)CC2. The summed E-state index contributed by atoms with van der Waals surface area (Å²) in [5, 5.41) is 2.84. The molecule has 1 heterocycles. The van der Waals surface area contributed by atoms with E-state index in [4.69, 9.17) is 4.74 Å². The standard InChI is InChI=1S/C26H34N2O3/c1-5-23(26(30)27-6-2)31-21-13-12-19-14-15-28(24(29)16-18(3)4)25(22(19)17-21)20-10-8-7-9-11-20/h7-13,17-18,23,25H,5-6,14-16H2,1-4H3,(H,27,30)/t23-,25-/m1/s1. The fourth-order valence-electron chi connectivity index (χ4n) is 4.17. The Morgan fingerprint density at radius 1 is 1.13 bits per heavy atom. The topological polar surface area (TPSA) is 58.6 Å². The summed E-state index contributed by atoms with van der Waals surface area (Å²) in [4.78, 5) is 27.4. The number of nitrogens with one attached hydrogen (secondary N) is 1. The summed E-state index contributed by atoms with van der Waals surface area (Å²) >= 11 is 0. The van der Waals surface area contributed by atoms with E-state index in [9.17, 15) is 9.59 Å². The molecule has 1 N–H and O–H groups in total. The van der Waals surface area contributed by atoms with Crippen LogP contribution in [-0.4, -0.2) is 35.9 Å². The molecule has 0 saturated heterocycles. The van der Waals surface area contributed by atoms with E-state index in [-0.39, 0.29) is 17.9 Å². The maximum atomic E-state index is 13.1. The second-order valence-corrected chi connectivity index (χ2v) is 8.52. The third kappa shape index (κ3) is 5.46. The molecule has 5 nitrogen and oxygen atoms in total. The highest BCUT2D eigenvalue weighted by atomic mass is 16.5. The average molecular weight is 423 g/mol. The van der Waals surface area contributed by atoms with Gasteiger partial charge in [0.25, 0.3) is 5.91 Å². The fourth-order valence-corrected chi connectivity index (χ4v) is 4.17. The molecular formula is C26H34N2O3. The Kier molecular flexibility index (Phi) is 7.72. The van der Waals surface area contributed by atoms with Gasteiger partial charge in [0.15, 0.2) is 6.10 Å². The predicted octanol–water partition coefficient (Wildman–Crippen LogP) is 4.50. The maximum Gasteiger partial charge on any atom is 0.261 e. The lowest BCUT2D eigenvalue weighted by Crippen LogP contribution is -2.41. The lowest BCUT2D eigenvalue weighted by Gasteiger charge is -2.38. The van der Waals surface area contributed by atoms with E-state index in [1.807, 2.05) is 49.1 Å². The van der Waals surface area contributed by atoms with Gasteiger partial charge in [-0.25, -0.2) is 0 Å². The highest BCUT2D eigenvalue weighted by molar-refractivity contribution is 5.81. The Labute approximate surface area is 185 Å². The first-order valence-electron chi connectivity index (χ1n) is 11.4. The van der Waals surface area contributed by atoms with Gasteiger partial charge in [0.1, 0.15) is 5.75 Å². The summed E-state index contributed by atoms with van der Waals surface area (Å²) in [6, 6.07) is 16.1. The van der Waals surface area contributed by atoms with E-state index in [2.05, 4.69) is 37.4 Å². The number of amides is 2. The second kappa shape index (κ2) is 10.5. The molecule has 2 aromatic rings. The van der Waals surface area contributed by atoms with Crippen LogP contribution in [0, 0.1) is 5.92 Å². The molecule has 31 heavy (non-hydrogen) atoms. The van der Waals surface area contributed by atoms with E-state index in [0.717, 1.165) is 17.5 Å². The number of fused-ring (bicyclic) bond motifs is 1. The zero-order chi connectivity index (χ0) is 22.4. The summed E-state index contributed by atoms with van der Waals surface area (Å²) in [5.41, 5.74) is 3.40. The Morgan fingerprint density at radius 3 is 2.52 bits per heavy atom. The van der Waals surface area contributed by atoms with Crippen molar-refractivity contribution >= 4 is 11.8 Å². The molecule has 0 fully saturated rings. The maximum absolute atomic E-state index is 13.1. The lowest BCUT2D eigenvalue weighted by atomic mass is 9.87. The van der Waals surface area contributed by atoms with Gasteiger partial charge in [0.05, 0.1) is 6.04 Å². The Balaban J connectivity index is 1.97. The van der Waals surface area contributed by atoms with Crippen molar-refractivity contribution in [1.82, 2.24) is 10.2 Å². The molecule has 0 spiro atoms. The van der Waals surface area contributed by atoms with Gasteiger partial charge in [-0.05, 0) is 54.5 Å². The van der Waals surface area contributed by atoms with Crippen LogP contribution >= 0.6 is 0 Å². The van der Waals surface area contributed by atoms with Crippen LogP contribution in [0.2, 0.25) is 0 Å². The van der Waals surface area contributed by atoms with Gasteiger partial charge in [-0.15, -0.1) is 0 Å². The monoisotopic (exact) mass is 422 g/mol. The highest BCUT2D eigenvalue weighted by Crippen LogP contribution is 2.38. The normalized spacial score (nSPS) is 16.5. The second-order valence-electron chi connectivity index (χ2n) is 8.52. The Bertz CT molecular complexity index is 895. The van der Waals surface area contributed by atoms with E-state index in [0.29, 0.717) is 37.6 Å². The number of rotatable bonds is 8. The van der Waals surface area contributed by atoms with E-state index in [1.165, 1.54) is 5.56 Å². The molecule has 0 aromatic heterocycles. The van der Waals surface area contributed by atoms with E-state index < -0.39 is 6.10 Å². The minimum atomic E-state index is -0.532. The summed E-state index contributed by atoms with van der Waals surface area (Å²) < 4.78 is 6.07. The van der Waals surface area contributed by atoms with Crippen molar-refractivity contribution in [2.75, 3.05) is 13.1 Å². The van der Waals surface area contributed by atoms with E-state index in [1.54, 1.807) is 0 Å². The van der Waals surface area contributed by atoms with Crippen LogP contribution < -0.4 is 10.1 Å². The number of hydrogen-bond acceptors (Lipinski definition) is 3. The summed E-state index contributed by atoms with van der Waals surface area (Å²) in [6.07, 6.45) is 1.40. The van der Waals surface area contributed by atoms with Crippen LogP contribution in [0.25, 0.3) is 0 Å². The molecule has 2 amide bonds. The van der Waals surface area contributed by atoms with Crippen molar-refractivity contribution in [3.8, 4) is 5.75 Å². The average Bonchev–Trinajstić information content (AvgIpc) is 2.76. The van der Waals surface area contributed by atoms with Crippen LogP contribution in [0.1, 0.15) is 63.3 Å². The molecule has 166 valence electrons. The van der Waals surface area contributed by atoms with Crippen LogP contribution in [0.3, 0.4) is 0 Å². The number of carbonyl (C=O) groups is 2. The first kappa shape index (κ1) is 22.9. The number of likely N-dealkylation sites (N-methyl/N-ethyl adjacent to an activating group) is 1. The Hall–Kier alpha value is -2.82. The predicted molar refractivity (Wildman–Crippen MR) is 123 cm³/mol. The zero-order valence-corrected chi connectivity index (χ0v) is 19.1. The number of hydrogen-bond donors (Lipinski definition) is 1. The largest absolute Gasteiger partial charge is 0.481 e. The molecule has 0 unspecified atom stereocenters. The van der Waals surface area contributed by atoms with Crippen molar-refractivity contribution < 1.29 is 14.3 Å². The first-order valence-corrected chi connectivity index (χ1v) is 11.4. The molecule has 3 rings (SSSR count). The molecule has 0 saturated carbocycles. The Morgan fingerprint density at radius 2 is 1.87 bits per heavy atom. The fraction of sp³-hybridized carbons (Fsp3) is 0.462. The van der Waals surface area contributed by atoms with Crippen molar-refractivity contribution in [1.29, 1.82) is 0 Å². The number of carbonyl (C=O) groups excluding carboxylic acids is 2. The van der Waals surface area contributed by atoms with Crippen LogP contribution in [0.5, 0.6) is 5.75 Å². The molecule has 1 aliphatic heterocycles. The van der Waals surface area contributed by atoms with Crippen LogP contribution in [-0.2, 0) is 16.0 Å². The van der Waals surface area contributed by atoms with Crippen molar-refractivity contribution in [3.63, 3.8) is 0 Å². The minimum Gasteiger partial charge on any atom is -0.481 e. The molecule has 0 radical (unpaired) electrons. The molecular weight excluding hydrogens is 388 g/mol. The highest BCUT2D eigenvalue weighted by Gasteiger charge is 2.32. The van der Waals surface area contributed by atoms with Gasteiger partial charge in [-0.1, -0.05) is 57.2 Å². The quantitative estimate of drug-likeness (QED) is 0.681. The third-order valence-electron chi connectivity index (χ3n) is 5.66. The van der Waals surface area contributed by atoms with Crippen molar-refractivity contribution in [2.45, 2.75) is 59.1 Å². The molecule has 0 aliphatic carbocycles. The smallest absolute Gasteiger partial charge is 0.261 e. The molecule has 2 atom stereocenters. The van der Waals surface area contributed by atoms with Crippen molar-refractivity contribution in [2.24, 2.45) is 5.92 Å². The van der Waals surface area contributed by atoms with Crippen LogP contribution in [0.4, 0.5) is 0 Å². The van der Waals surface area contributed by atoms with Crippen LogP contribution in [0.15, 0.2) is 48.5 Å². The zero-order valence-electron chi connectivity index (χ0n) is 19.1. The summed E-state index contributed by atoms with van der Waals surface area (Å²) in [5.74, 6) is 1.05. The molecule has 0 bridgehead atoms. The number of benzene rings is 2. The molecule has 1 aliphatic rings. The van der Waals surface area contributed by atoms with Gasteiger partial charge in [-0.2, -0.15) is 0 Å². The number of nitrogens with zero attached hydrogens (tertiary/aromatic N) is 1. The summed E-state index contributed by atoms with van der Waals surface area (Å²) in [7, 11) is 0. The minimum absolute atomic E-state index is 0.101. The van der Waals surface area contributed by atoms with Crippen molar-refractivity contribution in [3.05, 3.63) is 65.2 Å². The lowest BCUT2D eigenvalue weighted by molar-refractivity contribution is -0.134. The van der Waals surface area contributed by atoms with E-state index >= 15 is 0 Å².